The Morgan fingerprint density at radius 3 is 2.62 bits per heavy atom. The molecule has 0 N–H and O–H groups in total. The van der Waals surface area contributed by atoms with Gasteiger partial charge >= 0.3 is 0 Å². The first-order chi connectivity index (χ1) is 13.9. The molecule has 0 radical (unpaired) electrons. The summed E-state index contributed by atoms with van der Waals surface area (Å²) in [6, 6.07) is 8.40. The Morgan fingerprint density at radius 2 is 1.90 bits per heavy atom. The number of hydrogen-bond acceptors (Lipinski definition) is 4. The van der Waals surface area contributed by atoms with E-state index >= 15 is 0 Å². The predicted molar refractivity (Wildman–Crippen MR) is 117 cm³/mol. The van der Waals surface area contributed by atoms with Crippen LogP contribution in [0.5, 0.6) is 0 Å². The third-order valence-corrected chi connectivity index (χ3v) is 6.74. The van der Waals surface area contributed by atoms with Crippen LogP contribution in [0.1, 0.15) is 61.4 Å². The molecule has 2 aliphatic rings. The van der Waals surface area contributed by atoms with Crippen molar-refractivity contribution >= 4 is 11.7 Å². The summed E-state index contributed by atoms with van der Waals surface area (Å²) in [4.78, 5) is 31.2. The zero-order chi connectivity index (χ0) is 20.8. The number of ketones is 1. The van der Waals surface area contributed by atoms with Crippen LogP contribution in [-0.4, -0.2) is 72.7 Å². The minimum Gasteiger partial charge on any atom is -0.343 e. The molecule has 0 aromatic heterocycles. The van der Waals surface area contributed by atoms with E-state index in [2.05, 4.69) is 22.9 Å². The third kappa shape index (κ3) is 6.38. The maximum atomic E-state index is 12.7. The minimum atomic E-state index is 0.121. The molecule has 29 heavy (non-hydrogen) atoms. The van der Waals surface area contributed by atoms with Gasteiger partial charge in [-0.3, -0.25) is 14.5 Å². The van der Waals surface area contributed by atoms with Crippen molar-refractivity contribution in [2.24, 2.45) is 5.92 Å². The Hall–Kier alpha value is -1.72. The molecule has 0 saturated carbocycles. The number of hydrogen-bond donors (Lipinski definition) is 0. The molecule has 3 rings (SSSR count). The standard InChI is InChI=1S/C24H37N3O2/c1-19(28)22-8-4-6-21(16-22)18-27-13-5-7-20(17-27)9-10-24(29)26(3)23-11-14-25(2)15-12-23/h4,6,8,16,20,23H,5,7,9-15,17-18H2,1-3H3/t20-/m0/s1. The molecule has 2 heterocycles. The molecular weight excluding hydrogens is 362 g/mol. The van der Waals surface area contributed by atoms with E-state index in [-0.39, 0.29) is 5.78 Å². The summed E-state index contributed by atoms with van der Waals surface area (Å²) < 4.78 is 0. The highest BCUT2D eigenvalue weighted by atomic mass is 16.2. The summed E-state index contributed by atoms with van der Waals surface area (Å²) in [6.45, 7) is 6.84. The largest absolute Gasteiger partial charge is 0.343 e. The van der Waals surface area contributed by atoms with E-state index in [1.165, 1.54) is 18.4 Å². The molecule has 0 bridgehead atoms. The number of piperidine rings is 2. The topological polar surface area (TPSA) is 43.9 Å². The number of nitrogens with zero attached hydrogens (tertiary/aromatic N) is 3. The van der Waals surface area contributed by atoms with Gasteiger partial charge in [0.15, 0.2) is 5.78 Å². The summed E-state index contributed by atoms with van der Waals surface area (Å²) >= 11 is 0. The summed E-state index contributed by atoms with van der Waals surface area (Å²) in [7, 11) is 4.15. The first-order valence-corrected chi connectivity index (χ1v) is 11.2. The van der Waals surface area contributed by atoms with Crippen molar-refractivity contribution in [3.8, 4) is 0 Å². The van der Waals surface area contributed by atoms with Crippen LogP contribution in [0.2, 0.25) is 0 Å². The lowest BCUT2D eigenvalue weighted by Crippen LogP contribution is -2.44. The average molecular weight is 400 g/mol. The van der Waals surface area contributed by atoms with Crippen molar-refractivity contribution in [1.82, 2.24) is 14.7 Å². The minimum absolute atomic E-state index is 0.121. The molecule has 2 aliphatic heterocycles. The molecule has 1 aromatic rings. The van der Waals surface area contributed by atoms with Gasteiger partial charge in [0, 0.05) is 38.2 Å². The molecule has 2 saturated heterocycles. The van der Waals surface area contributed by atoms with Crippen LogP contribution in [0.4, 0.5) is 0 Å². The molecule has 1 aromatic carbocycles. The Labute approximate surface area is 176 Å². The van der Waals surface area contributed by atoms with Gasteiger partial charge in [0.25, 0.3) is 0 Å². The van der Waals surface area contributed by atoms with Crippen molar-refractivity contribution < 1.29 is 9.59 Å². The predicted octanol–water partition coefficient (Wildman–Crippen LogP) is 3.43. The molecule has 0 aliphatic carbocycles. The smallest absolute Gasteiger partial charge is 0.222 e. The van der Waals surface area contributed by atoms with E-state index in [0.29, 0.717) is 24.3 Å². The normalized spacial score (nSPS) is 21.8. The Bertz CT molecular complexity index is 697. The number of carbonyl (C=O) groups is 2. The van der Waals surface area contributed by atoms with Gasteiger partial charge in [-0.15, -0.1) is 0 Å². The van der Waals surface area contributed by atoms with Crippen molar-refractivity contribution in [2.75, 3.05) is 40.3 Å². The average Bonchev–Trinajstić information content (AvgIpc) is 2.72. The Kier molecular flexibility index (Phi) is 7.84. The van der Waals surface area contributed by atoms with E-state index in [0.717, 1.165) is 57.5 Å². The highest BCUT2D eigenvalue weighted by Gasteiger charge is 2.25. The second kappa shape index (κ2) is 10.4. The summed E-state index contributed by atoms with van der Waals surface area (Å²) in [5.41, 5.74) is 2.00. The van der Waals surface area contributed by atoms with Gasteiger partial charge in [-0.25, -0.2) is 0 Å². The van der Waals surface area contributed by atoms with Crippen molar-refractivity contribution in [3.63, 3.8) is 0 Å². The van der Waals surface area contributed by atoms with E-state index in [4.69, 9.17) is 0 Å². The second-order valence-corrected chi connectivity index (χ2v) is 9.08. The van der Waals surface area contributed by atoms with Crippen LogP contribution < -0.4 is 0 Å². The molecule has 5 nitrogen and oxygen atoms in total. The number of carbonyl (C=O) groups excluding carboxylic acids is 2. The Morgan fingerprint density at radius 1 is 1.14 bits per heavy atom. The Balaban J connectivity index is 1.45. The maximum Gasteiger partial charge on any atom is 0.222 e. The van der Waals surface area contributed by atoms with Crippen molar-refractivity contribution in [2.45, 2.75) is 58.0 Å². The SMILES string of the molecule is CC(=O)c1cccc(CN2CCC[C@@H](CCC(=O)N(C)C3CCN(C)CC3)C2)c1. The molecule has 0 unspecified atom stereocenters. The van der Waals surface area contributed by atoms with Gasteiger partial charge in [0.05, 0.1) is 0 Å². The fourth-order valence-electron chi connectivity index (χ4n) is 4.77. The molecular formula is C24H37N3O2. The quantitative estimate of drug-likeness (QED) is 0.659. The first-order valence-electron chi connectivity index (χ1n) is 11.2. The lowest BCUT2D eigenvalue weighted by Gasteiger charge is -2.36. The zero-order valence-corrected chi connectivity index (χ0v) is 18.4. The van der Waals surface area contributed by atoms with Gasteiger partial charge in [0.1, 0.15) is 0 Å². The zero-order valence-electron chi connectivity index (χ0n) is 18.4. The van der Waals surface area contributed by atoms with Gasteiger partial charge in [-0.05, 0) is 83.3 Å². The molecule has 0 spiro atoms. The summed E-state index contributed by atoms with van der Waals surface area (Å²) in [6.07, 6.45) is 6.25. The van der Waals surface area contributed by atoms with Crippen LogP contribution >= 0.6 is 0 Å². The summed E-state index contributed by atoms with van der Waals surface area (Å²) in [5.74, 6) is 1.02. The highest BCUT2D eigenvalue weighted by Crippen LogP contribution is 2.24. The third-order valence-electron chi connectivity index (χ3n) is 6.74. The number of rotatable bonds is 7. The highest BCUT2D eigenvalue weighted by molar-refractivity contribution is 5.94. The van der Waals surface area contributed by atoms with Gasteiger partial charge in [0.2, 0.25) is 5.91 Å². The van der Waals surface area contributed by atoms with Gasteiger partial charge in [-0.2, -0.15) is 0 Å². The number of Topliss-reactive ketones (excluding diaryl/α,β-unsaturated/α-hetero) is 1. The molecule has 5 heteroatoms. The van der Waals surface area contributed by atoms with Crippen LogP contribution in [0.3, 0.4) is 0 Å². The van der Waals surface area contributed by atoms with Crippen molar-refractivity contribution in [3.05, 3.63) is 35.4 Å². The van der Waals surface area contributed by atoms with E-state index in [1.807, 2.05) is 30.1 Å². The molecule has 1 atom stereocenters. The van der Waals surface area contributed by atoms with Crippen LogP contribution in [-0.2, 0) is 11.3 Å². The van der Waals surface area contributed by atoms with Crippen LogP contribution in [0, 0.1) is 5.92 Å². The summed E-state index contributed by atoms with van der Waals surface area (Å²) in [5, 5.41) is 0. The second-order valence-electron chi connectivity index (χ2n) is 9.08. The van der Waals surface area contributed by atoms with E-state index < -0.39 is 0 Å². The lowest BCUT2D eigenvalue weighted by molar-refractivity contribution is -0.133. The fraction of sp³-hybridized carbons (Fsp3) is 0.667. The lowest BCUT2D eigenvalue weighted by atomic mass is 9.92. The van der Waals surface area contributed by atoms with Crippen LogP contribution in [0.25, 0.3) is 0 Å². The maximum absolute atomic E-state index is 12.7. The van der Waals surface area contributed by atoms with Crippen LogP contribution in [0.15, 0.2) is 24.3 Å². The van der Waals surface area contributed by atoms with Gasteiger partial charge < -0.3 is 9.80 Å². The van der Waals surface area contributed by atoms with Crippen molar-refractivity contribution in [1.29, 1.82) is 0 Å². The monoisotopic (exact) mass is 399 g/mol. The molecule has 160 valence electrons. The molecule has 2 fully saturated rings. The fourth-order valence-corrected chi connectivity index (χ4v) is 4.77. The van der Waals surface area contributed by atoms with Gasteiger partial charge in [-0.1, -0.05) is 18.2 Å². The number of likely N-dealkylation sites (tertiary alicyclic amines) is 2. The number of amides is 1. The molecule has 1 amide bonds. The van der Waals surface area contributed by atoms with E-state index in [1.54, 1.807) is 6.92 Å². The number of benzene rings is 1. The first kappa shape index (κ1) is 22.0. The van der Waals surface area contributed by atoms with E-state index in [9.17, 15) is 9.59 Å².